The topological polar surface area (TPSA) is 94.8 Å². The Bertz CT molecular complexity index is 934. The highest BCUT2D eigenvalue weighted by molar-refractivity contribution is 5.96. The molecule has 1 saturated carbocycles. The molecule has 3 N–H and O–H groups in total. The van der Waals surface area contributed by atoms with E-state index in [4.69, 9.17) is 0 Å². The Morgan fingerprint density at radius 2 is 1.81 bits per heavy atom. The van der Waals surface area contributed by atoms with Crippen LogP contribution >= 0.6 is 0 Å². The first-order valence-electron chi connectivity index (χ1n) is 11.3. The van der Waals surface area contributed by atoms with Gasteiger partial charge in [-0.25, -0.2) is 0 Å². The zero-order valence-electron chi connectivity index (χ0n) is 20.3. The van der Waals surface area contributed by atoms with Gasteiger partial charge in [-0.1, -0.05) is 38.0 Å². The van der Waals surface area contributed by atoms with Crippen LogP contribution in [0.5, 0.6) is 11.5 Å². The van der Waals surface area contributed by atoms with Crippen LogP contribution in [0.25, 0.3) is 0 Å². The Balaban J connectivity index is 2.08. The highest BCUT2D eigenvalue weighted by Crippen LogP contribution is 2.55. The monoisotopic (exact) mass is 442 g/mol. The van der Waals surface area contributed by atoms with Crippen molar-refractivity contribution in [3.63, 3.8) is 0 Å². The molecule has 0 amide bonds. The van der Waals surface area contributed by atoms with Crippen molar-refractivity contribution in [2.75, 3.05) is 0 Å². The van der Waals surface area contributed by atoms with Gasteiger partial charge < -0.3 is 15.3 Å². The molecule has 0 saturated heterocycles. The summed E-state index contributed by atoms with van der Waals surface area (Å²) in [6.45, 7) is 10.8. The number of hydrogen-bond acceptors (Lipinski definition) is 5. The number of aliphatic hydroxyl groups is 1. The van der Waals surface area contributed by atoms with Crippen molar-refractivity contribution in [1.82, 2.24) is 0 Å². The van der Waals surface area contributed by atoms with Gasteiger partial charge in [0.25, 0.3) is 0 Å². The fourth-order valence-electron chi connectivity index (χ4n) is 4.73. The van der Waals surface area contributed by atoms with Gasteiger partial charge in [0, 0.05) is 23.8 Å². The number of phenolic OH excluding ortho intramolecular Hbond substituents is 2. The minimum absolute atomic E-state index is 0.0329. The molecule has 0 radical (unpaired) electrons. The van der Waals surface area contributed by atoms with Crippen LogP contribution in [0.4, 0.5) is 0 Å². The molecule has 2 atom stereocenters. The van der Waals surface area contributed by atoms with E-state index < -0.39 is 16.4 Å². The number of Topliss-reactive ketones (excluding diaryl/α,β-unsaturated/α-hetero) is 1. The number of phenols is 2. The van der Waals surface area contributed by atoms with Crippen molar-refractivity contribution in [1.29, 1.82) is 0 Å². The molecule has 2 rings (SSSR count). The quantitative estimate of drug-likeness (QED) is 0.273. The maximum absolute atomic E-state index is 13.0. The molecule has 0 heterocycles. The number of rotatable bonds is 9. The van der Waals surface area contributed by atoms with Crippen LogP contribution in [0.1, 0.15) is 77.8 Å². The van der Waals surface area contributed by atoms with E-state index in [1.165, 1.54) is 24.3 Å². The fourth-order valence-corrected chi connectivity index (χ4v) is 4.73. The molecule has 0 bridgehead atoms. The molecule has 176 valence electrons. The third-order valence-corrected chi connectivity index (χ3v) is 7.02. The van der Waals surface area contributed by atoms with Crippen LogP contribution < -0.4 is 0 Å². The predicted octanol–water partition coefficient (Wildman–Crippen LogP) is 5.34. The first-order valence-corrected chi connectivity index (χ1v) is 11.3. The number of carbonyl (C=O) groups is 2. The first kappa shape index (κ1) is 25.9. The van der Waals surface area contributed by atoms with Crippen LogP contribution in [0, 0.1) is 17.8 Å². The van der Waals surface area contributed by atoms with Crippen LogP contribution in [-0.2, 0) is 16.0 Å². The van der Waals surface area contributed by atoms with Gasteiger partial charge in [-0.2, -0.15) is 0 Å². The second-order valence-corrected chi connectivity index (χ2v) is 10.5. The lowest BCUT2D eigenvalue weighted by Gasteiger charge is -2.39. The largest absolute Gasteiger partial charge is 0.508 e. The van der Waals surface area contributed by atoms with Crippen molar-refractivity contribution < 1.29 is 24.9 Å². The number of hydrogen-bond donors (Lipinski definition) is 3. The third kappa shape index (κ3) is 6.10. The van der Waals surface area contributed by atoms with Crippen molar-refractivity contribution in [2.45, 2.75) is 85.7 Å². The minimum Gasteiger partial charge on any atom is -0.508 e. The van der Waals surface area contributed by atoms with Crippen LogP contribution in [0.3, 0.4) is 0 Å². The van der Waals surface area contributed by atoms with E-state index in [2.05, 4.69) is 0 Å². The van der Waals surface area contributed by atoms with E-state index in [9.17, 15) is 24.9 Å². The fraction of sp³-hybridized carbons (Fsp3) is 0.556. The van der Waals surface area contributed by atoms with Gasteiger partial charge in [-0.15, -0.1) is 0 Å². The molecule has 5 heteroatoms. The van der Waals surface area contributed by atoms with E-state index in [0.29, 0.717) is 24.0 Å². The molecule has 1 aliphatic rings. The normalized spacial score (nSPS) is 24.3. The van der Waals surface area contributed by atoms with Crippen molar-refractivity contribution in [2.24, 2.45) is 10.8 Å². The average Bonchev–Trinajstić information content (AvgIpc) is 2.95. The summed E-state index contributed by atoms with van der Waals surface area (Å²) in [5.41, 5.74) is 0.0137. The van der Waals surface area contributed by atoms with Gasteiger partial charge >= 0.3 is 0 Å². The molecule has 5 nitrogen and oxygen atoms in total. The average molecular weight is 443 g/mol. The van der Waals surface area contributed by atoms with Gasteiger partial charge in [-0.05, 0) is 76.1 Å². The maximum Gasteiger partial charge on any atom is 0.161 e. The molecule has 0 aromatic heterocycles. The molecular weight excluding hydrogens is 404 g/mol. The summed E-state index contributed by atoms with van der Waals surface area (Å²) in [5.74, 6) is 0.318. The molecular formula is C27H38O5. The predicted molar refractivity (Wildman–Crippen MR) is 127 cm³/mol. The summed E-state index contributed by atoms with van der Waals surface area (Å²) in [6, 6.07) is 3.04. The second-order valence-electron chi connectivity index (χ2n) is 10.5. The molecule has 0 unspecified atom stereocenters. The standard InChI is InChI=1S/C27H38O5/c1-18(8-9-20-16-21(28)15-19(2)24(20)31)14-22(29)17-26(5)11-7-12-27(26,6)23(30)10-13-25(3,4)32/h8,10,13,15-16,28,31-32H,7,9,11-12,14,17H2,1-6H3/b13-10+,18-8+/t26-,27+/m1/s1. The van der Waals surface area contributed by atoms with E-state index in [1.807, 2.05) is 26.8 Å². The van der Waals surface area contributed by atoms with E-state index in [-0.39, 0.29) is 29.5 Å². The molecule has 1 fully saturated rings. The summed E-state index contributed by atoms with van der Waals surface area (Å²) in [7, 11) is 0. The summed E-state index contributed by atoms with van der Waals surface area (Å²) in [5, 5.41) is 29.9. The number of allylic oxidation sites excluding steroid dienone is 3. The molecule has 1 aromatic carbocycles. The summed E-state index contributed by atoms with van der Waals surface area (Å²) in [4.78, 5) is 25.9. The Morgan fingerprint density at radius 1 is 1.16 bits per heavy atom. The second kappa shape index (κ2) is 9.62. The number of ketones is 2. The Labute approximate surface area is 191 Å². The molecule has 1 aliphatic carbocycles. The minimum atomic E-state index is -1.05. The van der Waals surface area contributed by atoms with Gasteiger partial charge in [0.15, 0.2) is 5.78 Å². The number of carbonyl (C=O) groups excluding carboxylic acids is 2. The number of aryl methyl sites for hydroxylation is 1. The van der Waals surface area contributed by atoms with E-state index >= 15 is 0 Å². The molecule has 1 aromatic rings. The van der Waals surface area contributed by atoms with Gasteiger partial charge in [0.1, 0.15) is 17.3 Å². The van der Waals surface area contributed by atoms with Crippen molar-refractivity contribution >= 4 is 11.6 Å². The van der Waals surface area contributed by atoms with Gasteiger partial charge in [0.05, 0.1) is 5.60 Å². The summed E-state index contributed by atoms with van der Waals surface area (Å²) >= 11 is 0. The van der Waals surface area contributed by atoms with Crippen LogP contribution in [0.15, 0.2) is 35.9 Å². The first-order chi connectivity index (χ1) is 14.7. The lowest BCUT2D eigenvalue weighted by atomic mass is 9.63. The third-order valence-electron chi connectivity index (χ3n) is 7.02. The van der Waals surface area contributed by atoms with E-state index in [0.717, 1.165) is 24.8 Å². The van der Waals surface area contributed by atoms with Crippen LogP contribution in [0.2, 0.25) is 0 Å². The Morgan fingerprint density at radius 3 is 2.44 bits per heavy atom. The number of benzene rings is 1. The lowest BCUT2D eigenvalue weighted by molar-refractivity contribution is -0.131. The zero-order valence-corrected chi connectivity index (χ0v) is 20.3. The maximum atomic E-state index is 13.0. The highest BCUT2D eigenvalue weighted by Gasteiger charge is 2.52. The lowest BCUT2D eigenvalue weighted by Crippen LogP contribution is -2.40. The Hall–Kier alpha value is -2.40. The van der Waals surface area contributed by atoms with E-state index in [1.54, 1.807) is 20.8 Å². The smallest absolute Gasteiger partial charge is 0.161 e. The van der Waals surface area contributed by atoms with Crippen molar-refractivity contribution in [3.05, 3.63) is 47.1 Å². The number of aromatic hydroxyl groups is 2. The molecule has 32 heavy (non-hydrogen) atoms. The molecule has 0 spiro atoms. The summed E-state index contributed by atoms with van der Waals surface area (Å²) < 4.78 is 0. The summed E-state index contributed by atoms with van der Waals surface area (Å²) in [6.07, 6.45) is 8.38. The Kier molecular flexibility index (Phi) is 7.77. The van der Waals surface area contributed by atoms with Gasteiger partial charge in [0.2, 0.25) is 0 Å². The highest BCUT2D eigenvalue weighted by atomic mass is 16.3. The van der Waals surface area contributed by atoms with Crippen molar-refractivity contribution in [3.8, 4) is 11.5 Å². The molecule has 0 aliphatic heterocycles. The zero-order chi connectivity index (χ0) is 24.3. The van der Waals surface area contributed by atoms with Crippen LogP contribution in [-0.4, -0.2) is 32.5 Å². The van der Waals surface area contributed by atoms with Gasteiger partial charge in [-0.3, -0.25) is 9.59 Å². The SMILES string of the molecule is C/C(=C\Cc1cc(O)cc(C)c1O)CC(=O)C[C@@]1(C)CCC[C@@]1(C)C(=O)/C=C/C(C)(C)O.